The van der Waals surface area contributed by atoms with E-state index in [0.717, 1.165) is 67.0 Å². The van der Waals surface area contributed by atoms with Gasteiger partial charge in [-0.3, -0.25) is 9.13 Å². The highest BCUT2D eigenvalue weighted by atomic mass is 16.5. The molecular weight excluding hydrogens is 480 g/mol. The molecule has 0 bridgehead atoms. The normalized spacial score (nSPS) is 15.8. The number of likely N-dealkylation sites (tertiary alicyclic amines) is 1. The number of hydrogen-bond donors (Lipinski definition) is 0. The molecule has 0 aliphatic carbocycles. The number of nitrogens with zero attached hydrogens (tertiary/aromatic N) is 6. The zero-order valence-corrected chi connectivity index (χ0v) is 22.8. The molecule has 1 atom stereocenters. The van der Waals surface area contributed by atoms with Crippen molar-refractivity contribution in [1.82, 2.24) is 28.8 Å². The average Bonchev–Trinajstić information content (AvgIpc) is 3.54. The van der Waals surface area contributed by atoms with Gasteiger partial charge in [-0.25, -0.2) is 14.5 Å². The van der Waals surface area contributed by atoms with Gasteiger partial charge in [0, 0.05) is 31.7 Å². The number of aromatic nitrogens is 5. The lowest BCUT2D eigenvalue weighted by molar-refractivity contribution is 0.109. The van der Waals surface area contributed by atoms with Gasteiger partial charge in [0.2, 0.25) is 0 Å². The first-order valence-corrected chi connectivity index (χ1v) is 13.5. The number of ether oxygens (including phenoxy) is 2. The van der Waals surface area contributed by atoms with Crippen LogP contribution in [0.5, 0.6) is 11.5 Å². The van der Waals surface area contributed by atoms with Gasteiger partial charge in [-0.1, -0.05) is 32.0 Å². The number of methoxy groups -OCH3 is 1. The minimum absolute atomic E-state index is 0.0158. The van der Waals surface area contributed by atoms with E-state index in [1.54, 1.807) is 22.7 Å². The van der Waals surface area contributed by atoms with Crippen molar-refractivity contribution < 1.29 is 9.47 Å². The predicted octanol–water partition coefficient (Wildman–Crippen LogP) is 4.35. The maximum Gasteiger partial charge on any atom is 0.330 e. The van der Waals surface area contributed by atoms with Crippen LogP contribution in [0.25, 0.3) is 11.0 Å². The second-order valence-electron chi connectivity index (χ2n) is 10.5. The molecule has 2 aromatic heterocycles. The van der Waals surface area contributed by atoms with Gasteiger partial charge >= 0.3 is 5.69 Å². The van der Waals surface area contributed by atoms with Crippen LogP contribution in [-0.4, -0.2) is 61.6 Å². The molecule has 0 radical (unpaired) electrons. The Bertz CT molecular complexity index is 1400. The Labute approximate surface area is 223 Å². The molecule has 9 nitrogen and oxygen atoms in total. The summed E-state index contributed by atoms with van der Waals surface area (Å²) in [7, 11) is 1.68. The number of piperidine rings is 1. The van der Waals surface area contributed by atoms with Crippen LogP contribution in [0.2, 0.25) is 0 Å². The van der Waals surface area contributed by atoms with E-state index in [2.05, 4.69) is 35.8 Å². The van der Waals surface area contributed by atoms with Crippen LogP contribution in [0.1, 0.15) is 44.7 Å². The quantitative estimate of drug-likeness (QED) is 0.311. The number of benzene rings is 2. The van der Waals surface area contributed by atoms with Crippen molar-refractivity contribution in [2.45, 2.75) is 58.8 Å². The third kappa shape index (κ3) is 5.48. The molecule has 4 aromatic rings. The van der Waals surface area contributed by atoms with Gasteiger partial charge < -0.3 is 14.4 Å². The van der Waals surface area contributed by atoms with Crippen LogP contribution in [-0.2, 0) is 6.67 Å². The number of hydrogen-bond acceptors (Lipinski definition) is 6. The van der Waals surface area contributed by atoms with Gasteiger partial charge in [-0.2, -0.15) is 5.10 Å². The molecule has 9 heteroatoms. The van der Waals surface area contributed by atoms with Crippen LogP contribution in [0.15, 0.2) is 59.9 Å². The topological polar surface area (TPSA) is 79.3 Å². The van der Waals surface area contributed by atoms with E-state index in [1.165, 1.54) is 6.33 Å². The van der Waals surface area contributed by atoms with Crippen molar-refractivity contribution in [3.8, 4) is 11.5 Å². The fourth-order valence-electron chi connectivity index (χ4n) is 5.41. The summed E-state index contributed by atoms with van der Waals surface area (Å²) < 4.78 is 17.3. The summed E-state index contributed by atoms with van der Waals surface area (Å²) in [6.45, 7) is 9.76. The smallest absolute Gasteiger partial charge is 0.330 e. The SMILES string of the molecule is COc1ccc(C)c(OC(CCN2CCC(n3c(=O)n(Cn4cncn4)c4ccccc43)CC2)C(C)C)c1. The monoisotopic (exact) mass is 518 g/mol. The van der Waals surface area contributed by atoms with Gasteiger partial charge in [-0.05, 0) is 55.9 Å². The van der Waals surface area contributed by atoms with E-state index in [9.17, 15) is 4.79 Å². The van der Waals surface area contributed by atoms with Gasteiger partial charge in [0.25, 0.3) is 0 Å². The standard InChI is InChI=1S/C29H38N6O3/c1-21(2)27(38-28-17-24(37-4)10-9-22(28)3)13-16-32-14-11-23(12-15-32)35-26-8-6-5-7-25(26)34(29(35)36)20-33-19-30-18-31-33/h5-10,17-19,21,23,27H,11-16,20H2,1-4H3. The molecule has 202 valence electrons. The minimum Gasteiger partial charge on any atom is -0.497 e. The fourth-order valence-corrected chi connectivity index (χ4v) is 5.41. The Morgan fingerprint density at radius 3 is 2.53 bits per heavy atom. The summed E-state index contributed by atoms with van der Waals surface area (Å²) in [6, 6.07) is 14.2. The fraction of sp³-hybridized carbons (Fsp3) is 0.483. The molecule has 1 fully saturated rings. The largest absolute Gasteiger partial charge is 0.497 e. The van der Waals surface area contributed by atoms with Gasteiger partial charge in [0.05, 0.1) is 18.1 Å². The molecule has 0 saturated carbocycles. The van der Waals surface area contributed by atoms with Crippen LogP contribution < -0.4 is 15.2 Å². The van der Waals surface area contributed by atoms with Crippen LogP contribution in [0, 0.1) is 12.8 Å². The molecule has 0 amide bonds. The molecule has 5 rings (SSSR count). The molecule has 38 heavy (non-hydrogen) atoms. The molecule has 1 saturated heterocycles. The Balaban J connectivity index is 1.24. The van der Waals surface area contributed by atoms with Crippen molar-refractivity contribution in [3.05, 3.63) is 71.2 Å². The highest BCUT2D eigenvalue weighted by Gasteiger charge is 2.26. The van der Waals surface area contributed by atoms with E-state index < -0.39 is 0 Å². The highest BCUT2D eigenvalue weighted by Crippen LogP contribution is 2.29. The Hall–Kier alpha value is -3.59. The lowest BCUT2D eigenvalue weighted by atomic mass is 10.0. The first-order chi connectivity index (χ1) is 18.4. The summed E-state index contributed by atoms with van der Waals surface area (Å²) in [4.78, 5) is 20.1. The summed E-state index contributed by atoms with van der Waals surface area (Å²) in [5.74, 6) is 2.10. The maximum absolute atomic E-state index is 13.6. The van der Waals surface area contributed by atoms with Gasteiger partial charge in [0.1, 0.15) is 36.9 Å². The third-order valence-corrected chi connectivity index (χ3v) is 7.69. The maximum atomic E-state index is 13.6. The lowest BCUT2D eigenvalue weighted by Gasteiger charge is -2.34. The molecule has 0 spiro atoms. The molecular formula is C29H38N6O3. The zero-order chi connectivity index (χ0) is 26.6. The molecule has 2 aromatic carbocycles. The van der Waals surface area contributed by atoms with Gasteiger partial charge in [0.15, 0.2) is 0 Å². The first-order valence-electron chi connectivity index (χ1n) is 13.5. The summed E-state index contributed by atoms with van der Waals surface area (Å²) >= 11 is 0. The lowest BCUT2D eigenvalue weighted by Crippen LogP contribution is -2.40. The van der Waals surface area contributed by atoms with E-state index in [-0.39, 0.29) is 17.8 Å². The average molecular weight is 519 g/mol. The Morgan fingerprint density at radius 1 is 1.08 bits per heavy atom. The minimum atomic E-state index is 0.0158. The molecule has 1 unspecified atom stereocenters. The van der Waals surface area contributed by atoms with E-state index in [0.29, 0.717) is 12.6 Å². The second-order valence-corrected chi connectivity index (χ2v) is 10.5. The summed E-state index contributed by atoms with van der Waals surface area (Å²) in [5.41, 5.74) is 3.05. The predicted molar refractivity (Wildman–Crippen MR) is 148 cm³/mol. The van der Waals surface area contributed by atoms with E-state index in [1.807, 2.05) is 47.0 Å². The summed E-state index contributed by atoms with van der Waals surface area (Å²) in [5, 5.41) is 4.19. The van der Waals surface area contributed by atoms with Gasteiger partial charge in [-0.15, -0.1) is 0 Å². The first kappa shape index (κ1) is 26.0. The Morgan fingerprint density at radius 2 is 1.84 bits per heavy atom. The molecule has 1 aliphatic rings. The summed E-state index contributed by atoms with van der Waals surface area (Å²) in [6.07, 6.45) is 6.10. The number of para-hydroxylation sites is 2. The van der Waals surface area contributed by atoms with E-state index in [4.69, 9.17) is 9.47 Å². The second kappa shape index (κ2) is 11.4. The van der Waals surface area contributed by atoms with Crippen molar-refractivity contribution in [3.63, 3.8) is 0 Å². The van der Waals surface area contributed by atoms with Crippen LogP contribution in [0.3, 0.4) is 0 Å². The highest BCUT2D eigenvalue weighted by molar-refractivity contribution is 5.76. The molecule has 1 aliphatic heterocycles. The Kier molecular flexibility index (Phi) is 7.83. The van der Waals surface area contributed by atoms with Crippen molar-refractivity contribution >= 4 is 11.0 Å². The van der Waals surface area contributed by atoms with Crippen LogP contribution in [0.4, 0.5) is 0 Å². The third-order valence-electron chi connectivity index (χ3n) is 7.69. The van der Waals surface area contributed by atoms with Crippen LogP contribution >= 0.6 is 0 Å². The number of aryl methyl sites for hydroxylation is 1. The molecule has 3 heterocycles. The molecule has 0 N–H and O–H groups in total. The van der Waals surface area contributed by atoms with Crippen molar-refractivity contribution in [2.75, 3.05) is 26.7 Å². The zero-order valence-electron chi connectivity index (χ0n) is 22.8. The number of imidazole rings is 1. The number of rotatable bonds is 10. The van der Waals surface area contributed by atoms with Crippen molar-refractivity contribution in [1.29, 1.82) is 0 Å². The number of fused-ring (bicyclic) bond motifs is 1. The van der Waals surface area contributed by atoms with Crippen molar-refractivity contribution in [2.24, 2.45) is 5.92 Å². The van der Waals surface area contributed by atoms with E-state index >= 15 is 0 Å².